The van der Waals surface area contributed by atoms with E-state index in [0.29, 0.717) is 10.7 Å². The van der Waals surface area contributed by atoms with Crippen molar-refractivity contribution in [3.63, 3.8) is 0 Å². The number of carbonyl (C=O) groups is 2. The fourth-order valence-electron chi connectivity index (χ4n) is 1.70. The van der Waals surface area contributed by atoms with Crippen LogP contribution in [0.3, 0.4) is 0 Å². The lowest BCUT2D eigenvalue weighted by atomic mass is 10.1. The number of hydrogen-bond acceptors (Lipinski definition) is 5. The molecule has 0 unspecified atom stereocenters. The third kappa shape index (κ3) is 4.66. The molecule has 0 spiro atoms. The number of amides is 1. The maximum atomic E-state index is 12.8. The number of halogens is 1. The summed E-state index contributed by atoms with van der Waals surface area (Å²) in [5.41, 5.74) is 0.385. The summed E-state index contributed by atoms with van der Waals surface area (Å²) in [5.74, 6) is 0.141. The maximum absolute atomic E-state index is 12.8. The van der Waals surface area contributed by atoms with Gasteiger partial charge in [0.15, 0.2) is 5.78 Å². The second-order valence-corrected chi connectivity index (χ2v) is 5.61. The SMILES string of the molecule is CCSc1n[nH]c(NC(=O)CCC(=O)c2ccc(F)cc2)n1. The number of nitrogens with one attached hydrogen (secondary N) is 2. The van der Waals surface area contributed by atoms with E-state index < -0.39 is 5.82 Å². The van der Waals surface area contributed by atoms with E-state index in [-0.39, 0.29) is 30.5 Å². The van der Waals surface area contributed by atoms with Gasteiger partial charge in [0.25, 0.3) is 0 Å². The van der Waals surface area contributed by atoms with Gasteiger partial charge < -0.3 is 0 Å². The number of nitrogens with zero attached hydrogens (tertiary/aromatic N) is 2. The molecule has 116 valence electrons. The zero-order valence-corrected chi connectivity index (χ0v) is 12.7. The van der Waals surface area contributed by atoms with Gasteiger partial charge in [-0.1, -0.05) is 18.7 Å². The van der Waals surface area contributed by atoms with Crippen molar-refractivity contribution in [2.45, 2.75) is 24.9 Å². The molecule has 0 radical (unpaired) electrons. The van der Waals surface area contributed by atoms with Gasteiger partial charge in [0.2, 0.25) is 17.0 Å². The molecule has 2 N–H and O–H groups in total. The van der Waals surface area contributed by atoms with Crippen molar-refractivity contribution in [1.82, 2.24) is 15.2 Å². The van der Waals surface area contributed by atoms with Crippen molar-refractivity contribution in [2.24, 2.45) is 0 Å². The molecule has 0 aliphatic carbocycles. The number of carbonyl (C=O) groups excluding carboxylic acids is 2. The van der Waals surface area contributed by atoms with E-state index >= 15 is 0 Å². The Bertz CT molecular complexity index is 657. The number of benzene rings is 1. The summed E-state index contributed by atoms with van der Waals surface area (Å²) >= 11 is 1.45. The molecule has 0 bridgehead atoms. The number of hydrogen-bond donors (Lipinski definition) is 2. The number of aromatic amines is 1. The minimum absolute atomic E-state index is 0.0210. The van der Waals surface area contributed by atoms with Crippen molar-refractivity contribution in [3.05, 3.63) is 35.6 Å². The van der Waals surface area contributed by atoms with Crippen molar-refractivity contribution in [3.8, 4) is 0 Å². The number of Topliss-reactive ketones (excluding diaryl/α,β-unsaturated/α-hetero) is 1. The number of ketones is 1. The molecule has 0 aliphatic heterocycles. The third-order valence-corrected chi connectivity index (χ3v) is 3.47. The zero-order valence-electron chi connectivity index (χ0n) is 11.9. The molecular formula is C14H15FN4O2S. The Hall–Kier alpha value is -2.22. The standard InChI is InChI=1S/C14H15FN4O2S/c1-2-22-14-17-13(18-19-14)16-12(21)8-7-11(20)9-3-5-10(15)6-4-9/h3-6H,2,7-8H2,1H3,(H2,16,17,18,19,21). The summed E-state index contributed by atoms with van der Waals surface area (Å²) in [5, 5.41) is 9.63. The van der Waals surface area contributed by atoms with Crippen LogP contribution in [0, 0.1) is 5.82 Å². The second kappa shape index (κ2) is 7.69. The van der Waals surface area contributed by atoms with Crippen molar-refractivity contribution in [1.29, 1.82) is 0 Å². The van der Waals surface area contributed by atoms with Crippen LogP contribution in [0.15, 0.2) is 29.4 Å². The van der Waals surface area contributed by atoms with E-state index in [2.05, 4.69) is 20.5 Å². The lowest BCUT2D eigenvalue weighted by molar-refractivity contribution is -0.116. The summed E-state index contributed by atoms with van der Waals surface area (Å²) in [7, 11) is 0. The minimum atomic E-state index is -0.402. The van der Waals surface area contributed by atoms with Crippen LogP contribution in [0.4, 0.5) is 10.3 Å². The number of aromatic nitrogens is 3. The summed E-state index contributed by atoms with van der Waals surface area (Å²) in [6.45, 7) is 1.97. The molecule has 0 atom stereocenters. The predicted octanol–water partition coefficient (Wildman–Crippen LogP) is 2.66. The van der Waals surface area contributed by atoms with Gasteiger partial charge in [-0.2, -0.15) is 4.98 Å². The van der Waals surface area contributed by atoms with Gasteiger partial charge >= 0.3 is 0 Å². The van der Waals surface area contributed by atoms with E-state index in [1.54, 1.807) is 0 Å². The topological polar surface area (TPSA) is 87.7 Å². The molecule has 2 rings (SSSR count). The van der Waals surface area contributed by atoms with Crippen LogP contribution in [-0.4, -0.2) is 32.6 Å². The lowest BCUT2D eigenvalue weighted by Gasteiger charge is -2.02. The number of thioether (sulfide) groups is 1. The highest BCUT2D eigenvalue weighted by Gasteiger charge is 2.11. The number of H-pyrrole nitrogens is 1. The van der Waals surface area contributed by atoms with Crippen molar-refractivity contribution in [2.75, 3.05) is 11.1 Å². The molecule has 0 fully saturated rings. The van der Waals surface area contributed by atoms with Gasteiger partial charge in [0.05, 0.1) is 0 Å². The van der Waals surface area contributed by atoms with Gasteiger partial charge in [-0.3, -0.25) is 14.9 Å². The molecule has 1 aromatic heterocycles. The summed E-state index contributed by atoms with van der Waals surface area (Å²) in [6, 6.07) is 5.24. The molecule has 1 aromatic carbocycles. The first-order chi connectivity index (χ1) is 10.6. The largest absolute Gasteiger partial charge is 0.295 e. The van der Waals surface area contributed by atoms with Crippen LogP contribution in [0.5, 0.6) is 0 Å². The Balaban J connectivity index is 1.81. The summed E-state index contributed by atoms with van der Waals surface area (Å²) < 4.78 is 12.8. The van der Waals surface area contributed by atoms with E-state index in [4.69, 9.17) is 0 Å². The average Bonchev–Trinajstić information content (AvgIpc) is 2.93. The van der Waals surface area contributed by atoms with Crippen molar-refractivity contribution < 1.29 is 14.0 Å². The molecule has 1 heterocycles. The van der Waals surface area contributed by atoms with E-state index in [1.807, 2.05) is 6.92 Å². The fraction of sp³-hybridized carbons (Fsp3) is 0.286. The molecule has 0 aliphatic rings. The highest BCUT2D eigenvalue weighted by atomic mass is 32.2. The van der Waals surface area contributed by atoms with E-state index in [1.165, 1.54) is 36.0 Å². The highest BCUT2D eigenvalue weighted by Crippen LogP contribution is 2.13. The van der Waals surface area contributed by atoms with Gasteiger partial charge in [-0.25, -0.2) is 9.49 Å². The molecule has 6 nitrogen and oxygen atoms in total. The second-order valence-electron chi connectivity index (χ2n) is 4.38. The van der Waals surface area contributed by atoms with Gasteiger partial charge in [0, 0.05) is 18.4 Å². The van der Waals surface area contributed by atoms with Gasteiger partial charge in [-0.15, -0.1) is 5.10 Å². The van der Waals surface area contributed by atoms with E-state index in [0.717, 1.165) is 5.75 Å². The maximum Gasteiger partial charge on any atom is 0.227 e. The van der Waals surface area contributed by atoms with Gasteiger partial charge in [0.1, 0.15) is 5.82 Å². The van der Waals surface area contributed by atoms with Crippen LogP contribution < -0.4 is 5.32 Å². The molecule has 0 saturated carbocycles. The molecule has 22 heavy (non-hydrogen) atoms. The van der Waals surface area contributed by atoms with Crippen LogP contribution in [0.1, 0.15) is 30.1 Å². The first-order valence-electron chi connectivity index (χ1n) is 6.72. The van der Waals surface area contributed by atoms with E-state index in [9.17, 15) is 14.0 Å². The van der Waals surface area contributed by atoms with Gasteiger partial charge in [-0.05, 0) is 30.0 Å². The molecule has 8 heteroatoms. The molecule has 1 amide bonds. The Labute approximate surface area is 130 Å². The lowest BCUT2D eigenvalue weighted by Crippen LogP contribution is -2.14. The summed E-state index contributed by atoms with van der Waals surface area (Å²) in [6.07, 6.45) is 0.0648. The first kappa shape index (κ1) is 16.2. The Kier molecular flexibility index (Phi) is 5.65. The zero-order chi connectivity index (χ0) is 15.9. The number of rotatable bonds is 7. The van der Waals surface area contributed by atoms with Crippen LogP contribution in [0.25, 0.3) is 0 Å². The summed E-state index contributed by atoms with van der Waals surface area (Å²) in [4.78, 5) is 27.7. The normalized spacial score (nSPS) is 10.5. The molecule has 0 saturated heterocycles. The Morgan fingerprint density at radius 1 is 1.27 bits per heavy atom. The minimum Gasteiger partial charge on any atom is -0.295 e. The van der Waals surface area contributed by atoms with Crippen LogP contribution >= 0.6 is 11.8 Å². The Morgan fingerprint density at radius 2 is 2.00 bits per heavy atom. The highest BCUT2D eigenvalue weighted by molar-refractivity contribution is 7.99. The smallest absolute Gasteiger partial charge is 0.227 e. The molecular weight excluding hydrogens is 307 g/mol. The van der Waals surface area contributed by atoms with Crippen LogP contribution in [-0.2, 0) is 4.79 Å². The van der Waals surface area contributed by atoms with Crippen molar-refractivity contribution >= 4 is 29.4 Å². The quantitative estimate of drug-likeness (QED) is 0.604. The first-order valence-corrected chi connectivity index (χ1v) is 7.71. The third-order valence-electron chi connectivity index (χ3n) is 2.74. The molecule has 2 aromatic rings. The predicted molar refractivity (Wildman–Crippen MR) is 81.4 cm³/mol. The fourth-order valence-corrected chi connectivity index (χ4v) is 2.22. The monoisotopic (exact) mass is 322 g/mol. The Morgan fingerprint density at radius 3 is 2.68 bits per heavy atom. The number of anilines is 1. The van der Waals surface area contributed by atoms with Crippen LogP contribution in [0.2, 0.25) is 0 Å². The average molecular weight is 322 g/mol.